The van der Waals surface area contributed by atoms with Crippen molar-refractivity contribution < 1.29 is 0 Å². The highest BCUT2D eigenvalue weighted by Crippen LogP contribution is 2.33. The van der Waals surface area contributed by atoms with E-state index in [9.17, 15) is 0 Å². The van der Waals surface area contributed by atoms with Crippen LogP contribution in [0.4, 0.5) is 5.69 Å². The molecule has 0 bridgehead atoms. The fourth-order valence-corrected chi connectivity index (χ4v) is 3.99. The maximum atomic E-state index is 4.35. The van der Waals surface area contributed by atoms with Gasteiger partial charge in [-0.25, -0.2) is 9.67 Å². The van der Waals surface area contributed by atoms with E-state index in [1.54, 1.807) is 6.33 Å². The highest BCUT2D eigenvalue weighted by atomic mass is 15.3. The lowest BCUT2D eigenvalue weighted by atomic mass is 9.98. The minimum atomic E-state index is 0.442. The van der Waals surface area contributed by atoms with E-state index in [-0.39, 0.29) is 0 Å². The van der Waals surface area contributed by atoms with E-state index in [2.05, 4.69) is 56.2 Å². The van der Waals surface area contributed by atoms with Crippen LogP contribution in [0.2, 0.25) is 0 Å². The van der Waals surface area contributed by atoms with Crippen LogP contribution in [0.15, 0.2) is 30.6 Å². The first kappa shape index (κ1) is 14.7. The highest BCUT2D eigenvalue weighted by Gasteiger charge is 2.26. The van der Waals surface area contributed by atoms with E-state index < -0.39 is 0 Å². The lowest BCUT2D eigenvalue weighted by Gasteiger charge is -2.29. The zero-order valence-corrected chi connectivity index (χ0v) is 13.8. The van der Waals surface area contributed by atoms with Crippen LogP contribution in [0.5, 0.6) is 0 Å². The normalized spacial score (nSPS) is 24.0. The van der Waals surface area contributed by atoms with Gasteiger partial charge in [0.2, 0.25) is 0 Å². The van der Waals surface area contributed by atoms with Crippen molar-refractivity contribution in [3.63, 3.8) is 0 Å². The molecule has 0 saturated heterocycles. The number of anilines is 1. The molecule has 1 N–H and O–H groups in total. The van der Waals surface area contributed by atoms with Gasteiger partial charge in [0.15, 0.2) is 0 Å². The molecule has 23 heavy (non-hydrogen) atoms. The summed E-state index contributed by atoms with van der Waals surface area (Å²) in [6.45, 7) is 5.42. The molecule has 0 radical (unpaired) electrons. The molecule has 0 saturated carbocycles. The van der Waals surface area contributed by atoms with E-state index in [0.717, 1.165) is 38.3 Å². The Morgan fingerprint density at radius 2 is 2.17 bits per heavy atom. The van der Waals surface area contributed by atoms with Crippen LogP contribution >= 0.6 is 0 Å². The molecule has 0 spiro atoms. The summed E-state index contributed by atoms with van der Waals surface area (Å²) in [5.74, 6) is 1.13. The Labute approximate surface area is 137 Å². The first-order chi connectivity index (χ1) is 11.3. The van der Waals surface area contributed by atoms with Crippen LogP contribution in [-0.4, -0.2) is 33.9 Å². The fraction of sp³-hybridized carbons (Fsp3) is 0.556. The van der Waals surface area contributed by atoms with Crippen molar-refractivity contribution in [2.45, 2.75) is 51.2 Å². The maximum Gasteiger partial charge on any atom is 0.138 e. The van der Waals surface area contributed by atoms with E-state index in [1.807, 2.05) is 0 Å². The summed E-state index contributed by atoms with van der Waals surface area (Å²) in [5.41, 5.74) is 2.86. The second-order valence-corrected chi connectivity index (χ2v) is 6.59. The molecule has 2 atom stereocenters. The Hall–Kier alpha value is -1.88. The van der Waals surface area contributed by atoms with Gasteiger partial charge < -0.3 is 10.2 Å². The van der Waals surface area contributed by atoms with Crippen LogP contribution in [0.25, 0.3) is 0 Å². The van der Waals surface area contributed by atoms with Gasteiger partial charge >= 0.3 is 0 Å². The topological polar surface area (TPSA) is 46.0 Å². The second kappa shape index (κ2) is 6.32. The zero-order valence-electron chi connectivity index (χ0n) is 13.8. The Bertz CT molecular complexity index is 665. The summed E-state index contributed by atoms with van der Waals surface area (Å²) < 4.78 is 2.06. The standard InChI is InChI=1S/C18H25N5/c1-2-22-11-5-7-16(15-6-3-4-8-17(15)22)21-14-9-10-18-19-13-20-23(18)12-14/h3-4,6,8,13-14,16,21H,2,5,7,9-12H2,1H3. The van der Waals surface area contributed by atoms with Gasteiger partial charge in [0.1, 0.15) is 12.2 Å². The van der Waals surface area contributed by atoms with Gasteiger partial charge in [0.25, 0.3) is 0 Å². The van der Waals surface area contributed by atoms with Crippen LogP contribution in [0.3, 0.4) is 0 Å². The molecule has 0 amide bonds. The molecule has 2 aliphatic rings. The third-order valence-electron chi connectivity index (χ3n) is 5.20. The molecular formula is C18H25N5. The third kappa shape index (κ3) is 2.85. The summed E-state index contributed by atoms with van der Waals surface area (Å²) in [6, 6.07) is 9.82. The van der Waals surface area contributed by atoms with Crippen molar-refractivity contribution in [3.8, 4) is 0 Å². The van der Waals surface area contributed by atoms with Gasteiger partial charge in [-0.3, -0.25) is 0 Å². The highest BCUT2D eigenvalue weighted by molar-refractivity contribution is 5.55. The monoisotopic (exact) mass is 311 g/mol. The first-order valence-corrected chi connectivity index (χ1v) is 8.81. The number of hydrogen-bond donors (Lipinski definition) is 1. The van der Waals surface area contributed by atoms with E-state index in [1.165, 1.54) is 24.1 Å². The lowest BCUT2D eigenvalue weighted by Crippen LogP contribution is -2.40. The number of hydrogen-bond acceptors (Lipinski definition) is 4. The number of rotatable bonds is 3. The van der Waals surface area contributed by atoms with Gasteiger partial charge in [-0.2, -0.15) is 5.10 Å². The molecular weight excluding hydrogens is 286 g/mol. The molecule has 5 nitrogen and oxygen atoms in total. The van der Waals surface area contributed by atoms with Crippen LogP contribution < -0.4 is 10.2 Å². The SMILES string of the molecule is CCN1CCCC(NC2CCc3ncnn3C2)c2ccccc21. The largest absolute Gasteiger partial charge is 0.372 e. The average molecular weight is 311 g/mol. The first-order valence-electron chi connectivity index (χ1n) is 8.81. The Morgan fingerprint density at radius 1 is 1.26 bits per heavy atom. The number of aryl methyl sites for hydroxylation is 1. The van der Waals surface area contributed by atoms with Crippen molar-refractivity contribution >= 4 is 5.69 Å². The molecule has 3 heterocycles. The zero-order chi connectivity index (χ0) is 15.6. The summed E-state index contributed by atoms with van der Waals surface area (Å²) in [5, 5.41) is 8.26. The summed E-state index contributed by atoms with van der Waals surface area (Å²) in [4.78, 5) is 6.83. The number of nitrogens with zero attached hydrogens (tertiary/aromatic N) is 4. The van der Waals surface area contributed by atoms with Gasteiger partial charge in [-0.1, -0.05) is 18.2 Å². The third-order valence-corrected chi connectivity index (χ3v) is 5.20. The minimum absolute atomic E-state index is 0.442. The van der Waals surface area contributed by atoms with Gasteiger partial charge in [-0.05, 0) is 37.8 Å². The van der Waals surface area contributed by atoms with Crippen molar-refractivity contribution in [2.75, 3.05) is 18.0 Å². The van der Waals surface area contributed by atoms with E-state index in [4.69, 9.17) is 0 Å². The maximum absolute atomic E-state index is 4.35. The Kier molecular flexibility index (Phi) is 4.04. The van der Waals surface area contributed by atoms with Gasteiger partial charge in [0.05, 0.1) is 6.54 Å². The molecule has 0 aliphatic carbocycles. The lowest BCUT2D eigenvalue weighted by molar-refractivity contribution is 0.320. The molecule has 2 aliphatic heterocycles. The fourth-order valence-electron chi connectivity index (χ4n) is 3.99. The molecule has 5 heteroatoms. The quantitative estimate of drug-likeness (QED) is 0.946. The van der Waals surface area contributed by atoms with Gasteiger partial charge in [0, 0.05) is 37.3 Å². The van der Waals surface area contributed by atoms with Crippen molar-refractivity contribution in [1.29, 1.82) is 0 Å². The second-order valence-electron chi connectivity index (χ2n) is 6.59. The minimum Gasteiger partial charge on any atom is -0.372 e. The molecule has 2 unspecified atom stereocenters. The van der Waals surface area contributed by atoms with Crippen molar-refractivity contribution in [2.24, 2.45) is 0 Å². The predicted molar refractivity (Wildman–Crippen MR) is 91.6 cm³/mol. The Balaban J connectivity index is 1.55. The predicted octanol–water partition coefficient (Wildman–Crippen LogP) is 2.54. The summed E-state index contributed by atoms with van der Waals surface area (Å²) in [6.07, 6.45) is 6.29. The number of aromatic nitrogens is 3. The smallest absolute Gasteiger partial charge is 0.138 e. The van der Waals surface area contributed by atoms with Crippen LogP contribution in [-0.2, 0) is 13.0 Å². The number of nitrogens with one attached hydrogen (secondary N) is 1. The molecule has 4 rings (SSSR count). The molecule has 1 aromatic carbocycles. The summed E-state index contributed by atoms with van der Waals surface area (Å²) in [7, 11) is 0. The summed E-state index contributed by atoms with van der Waals surface area (Å²) >= 11 is 0. The van der Waals surface area contributed by atoms with E-state index >= 15 is 0 Å². The Morgan fingerprint density at radius 3 is 3.09 bits per heavy atom. The molecule has 0 fully saturated rings. The van der Waals surface area contributed by atoms with Crippen molar-refractivity contribution in [3.05, 3.63) is 42.0 Å². The molecule has 1 aromatic heterocycles. The number of fused-ring (bicyclic) bond motifs is 2. The average Bonchev–Trinajstić information content (AvgIpc) is 2.98. The van der Waals surface area contributed by atoms with Crippen LogP contribution in [0.1, 0.15) is 43.6 Å². The van der Waals surface area contributed by atoms with E-state index in [0.29, 0.717) is 12.1 Å². The number of para-hydroxylation sites is 1. The molecule has 2 aromatic rings. The number of benzene rings is 1. The molecule has 122 valence electrons. The van der Waals surface area contributed by atoms with Crippen LogP contribution in [0, 0.1) is 0 Å². The van der Waals surface area contributed by atoms with Gasteiger partial charge in [-0.15, -0.1) is 0 Å². The van der Waals surface area contributed by atoms with Crippen molar-refractivity contribution in [1.82, 2.24) is 20.1 Å².